The van der Waals surface area contributed by atoms with E-state index in [4.69, 9.17) is 27.9 Å². The zero-order valence-electron chi connectivity index (χ0n) is 11.4. The van der Waals surface area contributed by atoms with E-state index >= 15 is 0 Å². The molecule has 1 heterocycles. The number of pyridine rings is 1. The van der Waals surface area contributed by atoms with E-state index in [1.165, 1.54) is 0 Å². The molecule has 0 aliphatic heterocycles. The Morgan fingerprint density at radius 1 is 1.30 bits per heavy atom. The summed E-state index contributed by atoms with van der Waals surface area (Å²) in [6, 6.07) is 7.68. The number of hydrogen-bond acceptors (Lipinski definition) is 3. The fraction of sp³-hybridized carbons (Fsp3) is 0.267. The first-order valence-corrected chi connectivity index (χ1v) is 7.01. The molecular weight excluding hydrogens is 295 g/mol. The topological polar surface area (TPSA) is 34.2 Å². The Labute approximate surface area is 128 Å². The number of halogens is 2. The van der Waals surface area contributed by atoms with E-state index in [-0.39, 0.29) is 6.04 Å². The molecule has 0 amide bonds. The Morgan fingerprint density at radius 3 is 2.80 bits per heavy atom. The molecule has 2 rings (SSSR count). The second-order valence-electron chi connectivity index (χ2n) is 4.38. The number of aromatic nitrogens is 1. The number of ether oxygens (including phenoxy) is 1. The van der Waals surface area contributed by atoms with Crippen LogP contribution in [-0.4, -0.2) is 19.1 Å². The number of nitrogens with one attached hydrogen (secondary N) is 1. The summed E-state index contributed by atoms with van der Waals surface area (Å²) >= 11 is 12.3. The summed E-state index contributed by atoms with van der Waals surface area (Å²) < 4.78 is 5.36. The number of rotatable bonds is 5. The molecule has 1 N–H and O–H groups in total. The van der Waals surface area contributed by atoms with Crippen molar-refractivity contribution in [1.29, 1.82) is 0 Å². The number of methoxy groups -OCH3 is 1. The normalized spacial score (nSPS) is 12.2. The van der Waals surface area contributed by atoms with Gasteiger partial charge in [-0.05, 0) is 31.2 Å². The van der Waals surface area contributed by atoms with Gasteiger partial charge in [0.25, 0.3) is 0 Å². The summed E-state index contributed by atoms with van der Waals surface area (Å²) in [6.45, 7) is 0. The highest BCUT2D eigenvalue weighted by Gasteiger charge is 2.17. The standard InChI is InChI=1S/C15H16Cl2N2O/c1-18-13(11-6-7-19-9-14(11)20-2)8-10-4-3-5-12(16)15(10)17/h3-7,9,13,18H,8H2,1-2H3. The van der Waals surface area contributed by atoms with Gasteiger partial charge in [0.1, 0.15) is 5.75 Å². The Balaban J connectivity index is 2.31. The summed E-state index contributed by atoms with van der Waals surface area (Å²) in [5, 5.41) is 4.45. The minimum Gasteiger partial charge on any atom is -0.495 e. The molecule has 5 heteroatoms. The van der Waals surface area contributed by atoms with Gasteiger partial charge in [-0.1, -0.05) is 35.3 Å². The first-order valence-electron chi connectivity index (χ1n) is 6.25. The number of benzene rings is 1. The van der Waals surface area contributed by atoms with Crippen LogP contribution in [0.25, 0.3) is 0 Å². The quantitative estimate of drug-likeness (QED) is 0.909. The summed E-state index contributed by atoms with van der Waals surface area (Å²) in [5.74, 6) is 0.755. The predicted octanol–water partition coefficient (Wildman–Crippen LogP) is 3.90. The van der Waals surface area contributed by atoms with Gasteiger partial charge < -0.3 is 10.1 Å². The zero-order chi connectivity index (χ0) is 14.5. The smallest absolute Gasteiger partial charge is 0.141 e. The predicted molar refractivity (Wildman–Crippen MR) is 82.8 cm³/mol. The van der Waals surface area contributed by atoms with Crippen LogP contribution in [0.2, 0.25) is 10.0 Å². The van der Waals surface area contributed by atoms with E-state index in [2.05, 4.69) is 10.3 Å². The first kappa shape index (κ1) is 15.1. The second-order valence-corrected chi connectivity index (χ2v) is 5.16. The molecule has 1 atom stereocenters. The van der Waals surface area contributed by atoms with Crippen molar-refractivity contribution in [3.05, 3.63) is 57.8 Å². The number of nitrogens with zero attached hydrogens (tertiary/aromatic N) is 1. The maximum atomic E-state index is 6.25. The van der Waals surface area contributed by atoms with Gasteiger partial charge in [-0.3, -0.25) is 4.98 Å². The lowest BCUT2D eigenvalue weighted by atomic mass is 9.99. The van der Waals surface area contributed by atoms with Crippen LogP contribution in [0.1, 0.15) is 17.2 Å². The van der Waals surface area contributed by atoms with Crippen LogP contribution in [0, 0.1) is 0 Å². The molecule has 0 saturated carbocycles. The highest BCUT2D eigenvalue weighted by molar-refractivity contribution is 6.42. The van der Waals surface area contributed by atoms with E-state index < -0.39 is 0 Å². The Morgan fingerprint density at radius 2 is 2.10 bits per heavy atom. The average molecular weight is 311 g/mol. The van der Waals surface area contributed by atoms with Crippen molar-refractivity contribution < 1.29 is 4.74 Å². The van der Waals surface area contributed by atoms with Gasteiger partial charge in [0.15, 0.2) is 0 Å². The van der Waals surface area contributed by atoms with Gasteiger partial charge in [0, 0.05) is 17.8 Å². The van der Waals surface area contributed by atoms with Crippen LogP contribution in [-0.2, 0) is 6.42 Å². The van der Waals surface area contributed by atoms with Gasteiger partial charge in [0.05, 0.1) is 23.4 Å². The maximum Gasteiger partial charge on any atom is 0.141 e. The maximum absolute atomic E-state index is 6.25. The lowest BCUT2D eigenvalue weighted by Crippen LogP contribution is -2.19. The van der Waals surface area contributed by atoms with Crippen molar-refractivity contribution in [2.24, 2.45) is 0 Å². The molecule has 0 spiro atoms. The van der Waals surface area contributed by atoms with Crippen LogP contribution in [0.4, 0.5) is 0 Å². The van der Waals surface area contributed by atoms with Crippen molar-refractivity contribution >= 4 is 23.2 Å². The summed E-state index contributed by atoms with van der Waals surface area (Å²) in [7, 11) is 3.54. The lowest BCUT2D eigenvalue weighted by Gasteiger charge is -2.19. The minimum absolute atomic E-state index is 0.0731. The molecule has 0 saturated heterocycles. The van der Waals surface area contributed by atoms with Crippen molar-refractivity contribution in [3.63, 3.8) is 0 Å². The van der Waals surface area contributed by atoms with Crippen LogP contribution in [0.15, 0.2) is 36.7 Å². The third-order valence-corrected chi connectivity index (χ3v) is 4.07. The number of hydrogen-bond donors (Lipinski definition) is 1. The molecule has 2 aromatic rings. The summed E-state index contributed by atoms with van der Waals surface area (Å²) in [5.41, 5.74) is 2.04. The molecule has 0 radical (unpaired) electrons. The molecule has 1 aromatic carbocycles. The third-order valence-electron chi connectivity index (χ3n) is 3.22. The Bertz CT molecular complexity index is 590. The van der Waals surface area contributed by atoms with Gasteiger partial charge in [0.2, 0.25) is 0 Å². The molecule has 106 valence electrons. The molecule has 0 bridgehead atoms. The molecule has 1 aromatic heterocycles. The van der Waals surface area contributed by atoms with Crippen LogP contribution >= 0.6 is 23.2 Å². The number of likely N-dealkylation sites (N-methyl/N-ethyl adjacent to an activating group) is 1. The molecular formula is C15H16Cl2N2O. The lowest BCUT2D eigenvalue weighted by molar-refractivity contribution is 0.399. The van der Waals surface area contributed by atoms with Crippen molar-refractivity contribution in [1.82, 2.24) is 10.3 Å². The van der Waals surface area contributed by atoms with Crippen molar-refractivity contribution in [3.8, 4) is 5.75 Å². The van der Waals surface area contributed by atoms with Crippen LogP contribution < -0.4 is 10.1 Å². The van der Waals surface area contributed by atoms with Crippen LogP contribution in [0.5, 0.6) is 5.75 Å². The molecule has 0 aliphatic rings. The van der Waals surface area contributed by atoms with Gasteiger partial charge in [-0.15, -0.1) is 0 Å². The Hall–Kier alpha value is -1.29. The molecule has 0 fully saturated rings. The average Bonchev–Trinajstić information content (AvgIpc) is 2.49. The van der Waals surface area contributed by atoms with Gasteiger partial charge >= 0.3 is 0 Å². The van der Waals surface area contributed by atoms with Gasteiger partial charge in [-0.2, -0.15) is 0 Å². The fourth-order valence-electron chi connectivity index (χ4n) is 2.14. The van der Waals surface area contributed by atoms with Crippen molar-refractivity contribution in [2.45, 2.75) is 12.5 Å². The SMILES string of the molecule is CNC(Cc1cccc(Cl)c1Cl)c1ccncc1OC. The zero-order valence-corrected chi connectivity index (χ0v) is 12.9. The second kappa shape index (κ2) is 6.93. The molecule has 3 nitrogen and oxygen atoms in total. The van der Waals surface area contributed by atoms with E-state index in [9.17, 15) is 0 Å². The van der Waals surface area contributed by atoms with E-state index in [1.54, 1.807) is 25.6 Å². The summed E-state index contributed by atoms with van der Waals surface area (Å²) in [6.07, 6.45) is 4.18. The highest BCUT2D eigenvalue weighted by atomic mass is 35.5. The van der Waals surface area contributed by atoms with Crippen molar-refractivity contribution in [2.75, 3.05) is 14.2 Å². The third kappa shape index (κ3) is 3.23. The molecule has 0 aliphatic carbocycles. The van der Waals surface area contributed by atoms with E-state index in [0.717, 1.165) is 23.3 Å². The van der Waals surface area contributed by atoms with E-state index in [1.807, 2.05) is 25.2 Å². The molecule has 20 heavy (non-hydrogen) atoms. The van der Waals surface area contributed by atoms with E-state index in [0.29, 0.717) is 10.0 Å². The Kier molecular flexibility index (Phi) is 5.24. The van der Waals surface area contributed by atoms with Crippen LogP contribution in [0.3, 0.4) is 0 Å². The first-order chi connectivity index (χ1) is 9.67. The fourth-order valence-corrected chi connectivity index (χ4v) is 2.54. The van der Waals surface area contributed by atoms with Gasteiger partial charge in [-0.25, -0.2) is 0 Å². The minimum atomic E-state index is 0.0731. The summed E-state index contributed by atoms with van der Waals surface area (Å²) in [4.78, 5) is 4.07. The highest BCUT2D eigenvalue weighted by Crippen LogP contribution is 2.31. The molecule has 1 unspecified atom stereocenters. The monoisotopic (exact) mass is 310 g/mol. The largest absolute Gasteiger partial charge is 0.495 e.